The number of benzene rings is 2. The van der Waals surface area contributed by atoms with Crippen molar-refractivity contribution >= 4 is 16.9 Å². The first-order chi connectivity index (χ1) is 11.8. The van der Waals surface area contributed by atoms with Crippen molar-refractivity contribution in [1.82, 2.24) is 4.85 Å². The van der Waals surface area contributed by atoms with E-state index < -0.39 is 29.2 Å². The molecule has 0 radical (unpaired) electrons. The minimum Gasteiger partial charge on any atom is -0.508 e. The van der Waals surface area contributed by atoms with Crippen LogP contribution < -0.4 is 11.0 Å². The first kappa shape index (κ1) is 16.7. The van der Waals surface area contributed by atoms with Crippen LogP contribution in [0.4, 0.5) is 8.78 Å². The number of aromatic hydroxyl groups is 1. The van der Waals surface area contributed by atoms with Crippen LogP contribution in [0.15, 0.2) is 39.6 Å². The molecule has 3 N–H and O–H groups in total. The predicted molar refractivity (Wildman–Crippen MR) is 82.6 cm³/mol. The van der Waals surface area contributed by atoms with Crippen molar-refractivity contribution in [1.29, 1.82) is 0 Å². The van der Waals surface area contributed by atoms with Crippen LogP contribution in [0.2, 0.25) is 0 Å². The van der Waals surface area contributed by atoms with E-state index in [0.717, 1.165) is 12.1 Å². The second kappa shape index (κ2) is 6.02. The maximum atomic E-state index is 13.2. The number of carbonyl (C=O) groups is 1. The maximum Gasteiger partial charge on any atom is 0.312 e. The van der Waals surface area contributed by atoms with Crippen molar-refractivity contribution < 1.29 is 28.3 Å². The molecule has 0 saturated heterocycles. The van der Waals surface area contributed by atoms with Crippen molar-refractivity contribution in [2.24, 2.45) is 0 Å². The van der Waals surface area contributed by atoms with E-state index in [0.29, 0.717) is 16.5 Å². The molecule has 3 rings (SSSR count). The summed E-state index contributed by atoms with van der Waals surface area (Å²) < 4.78 is 31.2. The third kappa shape index (κ3) is 2.96. The number of carbonyl (C=O) groups excluding carboxylic acids is 1. The maximum absolute atomic E-state index is 13.2. The molecule has 0 spiro atoms. The topological polar surface area (TPSA) is 105 Å². The van der Waals surface area contributed by atoms with Gasteiger partial charge in [-0.15, -0.1) is 0 Å². The zero-order valence-electron chi connectivity index (χ0n) is 12.8. The first-order valence-corrected chi connectivity index (χ1v) is 7.07. The van der Waals surface area contributed by atoms with Crippen molar-refractivity contribution in [3.63, 3.8) is 0 Å². The first-order valence-electron chi connectivity index (χ1n) is 7.07. The summed E-state index contributed by atoms with van der Waals surface area (Å²) in [6, 6.07) is 5.05. The monoisotopic (exact) mass is 350 g/mol. The zero-order valence-corrected chi connectivity index (χ0v) is 12.8. The molecular weight excluding hydrogens is 338 g/mol. The van der Waals surface area contributed by atoms with Crippen molar-refractivity contribution in [3.05, 3.63) is 63.4 Å². The Bertz CT molecular complexity index is 1040. The number of nitrogens with zero attached hydrogens (tertiary/aromatic N) is 1. The number of hydrogen-bond donors (Lipinski definition) is 3. The van der Waals surface area contributed by atoms with Gasteiger partial charge in [-0.25, -0.2) is 14.2 Å². The number of halogens is 2. The second-order valence-corrected chi connectivity index (χ2v) is 5.38. The van der Waals surface area contributed by atoms with E-state index in [-0.39, 0.29) is 22.3 Å². The Balaban J connectivity index is 1.90. The highest BCUT2D eigenvalue weighted by Crippen LogP contribution is 2.22. The Morgan fingerprint density at radius 2 is 1.96 bits per heavy atom. The molecule has 2 aromatic carbocycles. The van der Waals surface area contributed by atoms with Gasteiger partial charge in [-0.1, -0.05) is 10.9 Å². The minimum atomic E-state index is -1.86. The van der Waals surface area contributed by atoms with Crippen LogP contribution in [-0.2, 0) is 4.79 Å². The lowest BCUT2D eigenvalue weighted by Crippen LogP contribution is -2.33. The number of nitrogens with one attached hydrogen (secondary N) is 1. The van der Waals surface area contributed by atoms with Crippen LogP contribution >= 0.6 is 0 Å². The van der Waals surface area contributed by atoms with E-state index in [2.05, 4.69) is 0 Å². The van der Waals surface area contributed by atoms with Gasteiger partial charge in [0.05, 0.1) is 5.39 Å². The fraction of sp³-hybridized carbons (Fsp3) is 0.125. The van der Waals surface area contributed by atoms with E-state index in [1.54, 1.807) is 6.92 Å². The second-order valence-electron chi connectivity index (χ2n) is 5.38. The molecule has 0 saturated carbocycles. The molecule has 7 nitrogen and oxygen atoms in total. The number of fused-ring (bicyclic) bond motifs is 1. The van der Waals surface area contributed by atoms with Gasteiger partial charge in [-0.3, -0.25) is 9.59 Å². The van der Waals surface area contributed by atoms with Gasteiger partial charge in [0.15, 0.2) is 23.3 Å². The van der Waals surface area contributed by atoms with Crippen LogP contribution in [0, 0.1) is 18.6 Å². The third-order valence-corrected chi connectivity index (χ3v) is 3.62. The lowest BCUT2D eigenvalue weighted by Gasteiger charge is -2.10. The number of rotatable bonds is 3. The number of aromatic nitrogens is 1. The molecule has 1 aromatic heterocycles. The van der Waals surface area contributed by atoms with Gasteiger partial charge < -0.3 is 14.7 Å². The Hall–Kier alpha value is -3.20. The summed E-state index contributed by atoms with van der Waals surface area (Å²) in [7, 11) is 0. The Labute approximate surface area is 138 Å². The molecule has 0 fully saturated rings. The Morgan fingerprint density at radius 3 is 2.64 bits per heavy atom. The average Bonchev–Trinajstić information content (AvgIpc) is 2.85. The zero-order chi connectivity index (χ0) is 18.3. The molecule has 0 aliphatic heterocycles. The number of aliphatic hydroxyl groups excluding tert-OH is 1. The van der Waals surface area contributed by atoms with Crippen LogP contribution in [0.25, 0.3) is 11.0 Å². The van der Waals surface area contributed by atoms with Gasteiger partial charge in [-0.05, 0) is 36.2 Å². The molecule has 25 heavy (non-hydrogen) atoms. The van der Waals surface area contributed by atoms with Crippen LogP contribution in [0.5, 0.6) is 5.75 Å². The van der Waals surface area contributed by atoms with Gasteiger partial charge in [-0.2, -0.15) is 0 Å². The SMILES string of the molecule is Cc1cc2c(=O)n(NC(=O)C(O)c3ccc(F)c(F)c3)oc2cc1O. The number of phenols is 1. The molecule has 0 aliphatic rings. The molecule has 0 bridgehead atoms. The average molecular weight is 350 g/mol. The Kier molecular flexibility index (Phi) is 4.01. The lowest BCUT2D eigenvalue weighted by atomic mass is 10.1. The molecule has 1 unspecified atom stereocenters. The molecular formula is C16H12F2N2O5. The fourth-order valence-corrected chi connectivity index (χ4v) is 2.24. The number of phenolic OH excluding ortho intramolecular Hbond substituents is 1. The standard InChI is InChI=1S/C16H12F2N2O5/c1-7-4-9-13(6-12(7)21)25-20(16(9)24)19-15(23)14(22)8-2-3-10(17)11(18)5-8/h2-6,14,21-22H,1H3,(H,19,23). The number of hydrogen-bond acceptors (Lipinski definition) is 5. The summed E-state index contributed by atoms with van der Waals surface area (Å²) in [5.74, 6) is -3.54. The highest BCUT2D eigenvalue weighted by Gasteiger charge is 2.21. The molecule has 130 valence electrons. The van der Waals surface area contributed by atoms with E-state index in [1.807, 2.05) is 5.43 Å². The van der Waals surface area contributed by atoms with E-state index >= 15 is 0 Å². The quantitative estimate of drug-likeness (QED) is 0.667. The van der Waals surface area contributed by atoms with Crippen molar-refractivity contribution in [2.45, 2.75) is 13.0 Å². The van der Waals surface area contributed by atoms with Gasteiger partial charge >= 0.3 is 5.56 Å². The van der Waals surface area contributed by atoms with Crippen LogP contribution in [-0.4, -0.2) is 21.0 Å². The molecule has 1 heterocycles. The van der Waals surface area contributed by atoms with Crippen molar-refractivity contribution in [3.8, 4) is 5.75 Å². The van der Waals surface area contributed by atoms with E-state index in [1.165, 1.54) is 12.1 Å². The molecule has 9 heteroatoms. The highest BCUT2D eigenvalue weighted by atomic mass is 19.2. The van der Waals surface area contributed by atoms with Gasteiger partial charge in [0, 0.05) is 6.07 Å². The van der Waals surface area contributed by atoms with Crippen molar-refractivity contribution in [2.75, 3.05) is 5.43 Å². The Morgan fingerprint density at radius 1 is 1.24 bits per heavy atom. The van der Waals surface area contributed by atoms with E-state index in [9.17, 15) is 28.6 Å². The predicted octanol–water partition coefficient (Wildman–Crippen LogP) is 1.69. The fourth-order valence-electron chi connectivity index (χ4n) is 2.24. The summed E-state index contributed by atoms with van der Waals surface area (Å²) in [5.41, 5.74) is 1.56. The highest BCUT2D eigenvalue weighted by molar-refractivity contribution is 5.89. The lowest BCUT2D eigenvalue weighted by molar-refractivity contribution is -0.126. The number of aliphatic hydroxyl groups is 1. The summed E-state index contributed by atoms with van der Waals surface area (Å²) >= 11 is 0. The number of aryl methyl sites for hydroxylation is 1. The summed E-state index contributed by atoms with van der Waals surface area (Å²) in [6.45, 7) is 1.58. The number of amides is 1. The van der Waals surface area contributed by atoms with Crippen LogP contribution in [0.1, 0.15) is 17.2 Å². The molecule has 3 aromatic rings. The van der Waals surface area contributed by atoms with Crippen LogP contribution in [0.3, 0.4) is 0 Å². The largest absolute Gasteiger partial charge is 0.508 e. The van der Waals surface area contributed by atoms with Gasteiger partial charge in [0.25, 0.3) is 5.91 Å². The van der Waals surface area contributed by atoms with E-state index in [4.69, 9.17) is 4.52 Å². The molecule has 1 amide bonds. The minimum absolute atomic E-state index is 0.0238. The molecule has 1 atom stereocenters. The summed E-state index contributed by atoms with van der Waals surface area (Å²) in [5, 5.41) is 19.7. The van der Waals surface area contributed by atoms with Gasteiger partial charge in [0.2, 0.25) is 0 Å². The normalized spacial score (nSPS) is 12.3. The van der Waals surface area contributed by atoms with Gasteiger partial charge in [0.1, 0.15) is 5.75 Å². The molecule has 0 aliphatic carbocycles. The third-order valence-electron chi connectivity index (χ3n) is 3.62. The smallest absolute Gasteiger partial charge is 0.312 e. The summed E-state index contributed by atoms with van der Waals surface area (Å²) in [6.07, 6.45) is -1.86. The summed E-state index contributed by atoms with van der Waals surface area (Å²) in [4.78, 5) is 24.7.